The van der Waals surface area contributed by atoms with Crippen LogP contribution in [-0.2, 0) is 23.6 Å². The quantitative estimate of drug-likeness (QED) is 0.312. The second kappa shape index (κ2) is 10.2. The van der Waals surface area contributed by atoms with Gasteiger partial charge < -0.3 is 14.3 Å². The van der Waals surface area contributed by atoms with Crippen LogP contribution in [0.4, 0.5) is 0 Å². The Bertz CT molecular complexity index is 1200. The standard InChI is InChI=1S/C26H23NO4S/c1-18-24(27-26(31-18)21-9-3-2-4-10-21)16-30-22-11-5-8-20(13-22)17-32-23-12-6-7-19(14-23)15-25(28)29/h2-14H,15-17H2,1H3,(H,28,29). The zero-order chi connectivity index (χ0) is 22.3. The lowest BCUT2D eigenvalue weighted by Crippen LogP contribution is -1.99. The van der Waals surface area contributed by atoms with Crippen LogP contribution in [0.15, 0.2) is 88.2 Å². The highest BCUT2D eigenvalue weighted by Crippen LogP contribution is 2.27. The molecule has 0 saturated heterocycles. The molecule has 5 nitrogen and oxygen atoms in total. The van der Waals surface area contributed by atoms with Gasteiger partial charge in [-0.2, -0.15) is 0 Å². The lowest BCUT2D eigenvalue weighted by molar-refractivity contribution is -0.136. The molecule has 1 aromatic heterocycles. The molecule has 0 amide bonds. The molecule has 1 N–H and O–H groups in total. The molecule has 0 aliphatic heterocycles. The number of aryl methyl sites for hydroxylation is 1. The van der Waals surface area contributed by atoms with Crippen molar-refractivity contribution in [2.75, 3.05) is 0 Å². The Kier molecular flexibility index (Phi) is 6.92. The largest absolute Gasteiger partial charge is 0.487 e. The zero-order valence-electron chi connectivity index (χ0n) is 17.7. The van der Waals surface area contributed by atoms with Crippen molar-refractivity contribution < 1.29 is 19.1 Å². The van der Waals surface area contributed by atoms with E-state index in [1.807, 2.05) is 79.7 Å². The summed E-state index contributed by atoms with van der Waals surface area (Å²) < 4.78 is 11.8. The van der Waals surface area contributed by atoms with Crippen molar-refractivity contribution >= 4 is 17.7 Å². The van der Waals surface area contributed by atoms with E-state index in [9.17, 15) is 4.79 Å². The molecule has 0 aliphatic carbocycles. The van der Waals surface area contributed by atoms with Crippen molar-refractivity contribution in [3.63, 3.8) is 0 Å². The molecule has 3 aromatic carbocycles. The number of benzene rings is 3. The molecule has 0 unspecified atom stereocenters. The number of carbonyl (C=O) groups is 1. The van der Waals surface area contributed by atoms with Gasteiger partial charge in [-0.1, -0.05) is 42.5 Å². The third kappa shape index (κ3) is 5.80. The summed E-state index contributed by atoms with van der Waals surface area (Å²) in [5.41, 5.74) is 3.64. The Labute approximate surface area is 191 Å². The molecule has 0 fully saturated rings. The van der Waals surface area contributed by atoms with Gasteiger partial charge in [0, 0.05) is 16.2 Å². The van der Waals surface area contributed by atoms with Gasteiger partial charge in [-0.25, -0.2) is 4.98 Å². The second-order valence-electron chi connectivity index (χ2n) is 7.33. The first-order valence-electron chi connectivity index (χ1n) is 10.2. The van der Waals surface area contributed by atoms with Gasteiger partial charge in [0.1, 0.15) is 23.8 Å². The number of oxazole rings is 1. The maximum atomic E-state index is 10.9. The number of aromatic nitrogens is 1. The Morgan fingerprint density at radius 1 is 1.00 bits per heavy atom. The molecule has 0 bridgehead atoms. The Morgan fingerprint density at radius 2 is 1.78 bits per heavy atom. The summed E-state index contributed by atoms with van der Waals surface area (Å²) >= 11 is 1.67. The predicted octanol–water partition coefficient (Wildman–Crippen LogP) is 6.15. The smallest absolute Gasteiger partial charge is 0.307 e. The van der Waals surface area contributed by atoms with Crippen LogP contribution in [0.3, 0.4) is 0 Å². The van der Waals surface area contributed by atoms with Crippen molar-refractivity contribution in [2.24, 2.45) is 0 Å². The summed E-state index contributed by atoms with van der Waals surface area (Å²) in [6.45, 7) is 2.22. The van der Waals surface area contributed by atoms with Gasteiger partial charge in [0.2, 0.25) is 5.89 Å². The van der Waals surface area contributed by atoms with E-state index in [0.29, 0.717) is 12.5 Å². The average Bonchev–Trinajstić information content (AvgIpc) is 3.17. The molecule has 0 atom stereocenters. The minimum absolute atomic E-state index is 0.0329. The van der Waals surface area contributed by atoms with Crippen LogP contribution in [0.2, 0.25) is 0 Å². The average molecular weight is 446 g/mol. The highest BCUT2D eigenvalue weighted by atomic mass is 32.2. The fraction of sp³-hybridized carbons (Fsp3) is 0.154. The molecule has 0 spiro atoms. The third-order valence-electron chi connectivity index (χ3n) is 4.85. The Hall–Kier alpha value is -3.51. The number of carboxylic acid groups (broad SMARTS) is 1. The SMILES string of the molecule is Cc1oc(-c2ccccc2)nc1COc1cccc(CSc2cccc(CC(=O)O)c2)c1. The monoisotopic (exact) mass is 445 g/mol. The summed E-state index contributed by atoms with van der Waals surface area (Å²) in [6, 6.07) is 25.4. The van der Waals surface area contributed by atoms with E-state index in [4.69, 9.17) is 14.3 Å². The fourth-order valence-electron chi connectivity index (χ4n) is 3.23. The van der Waals surface area contributed by atoms with Crippen molar-refractivity contribution in [3.05, 3.63) is 101 Å². The Balaban J connectivity index is 1.37. The number of hydrogen-bond donors (Lipinski definition) is 1. The number of ether oxygens (including phenoxy) is 1. The lowest BCUT2D eigenvalue weighted by Gasteiger charge is -2.08. The highest BCUT2D eigenvalue weighted by Gasteiger charge is 2.12. The summed E-state index contributed by atoms with van der Waals surface area (Å²) in [7, 11) is 0. The van der Waals surface area contributed by atoms with Gasteiger partial charge in [0.05, 0.1) is 6.42 Å². The van der Waals surface area contributed by atoms with Gasteiger partial charge in [-0.05, 0) is 54.4 Å². The van der Waals surface area contributed by atoms with Crippen molar-refractivity contribution in [1.29, 1.82) is 0 Å². The molecule has 4 rings (SSSR count). The number of aliphatic carboxylic acids is 1. The molecular formula is C26H23NO4S. The van der Waals surface area contributed by atoms with Crippen LogP contribution < -0.4 is 4.74 Å². The number of carboxylic acids is 1. The van der Waals surface area contributed by atoms with Gasteiger partial charge in [0.25, 0.3) is 0 Å². The molecule has 4 aromatic rings. The van der Waals surface area contributed by atoms with E-state index in [1.165, 1.54) is 0 Å². The molecule has 1 heterocycles. The van der Waals surface area contributed by atoms with Crippen LogP contribution in [0.5, 0.6) is 5.75 Å². The van der Waals surface area contributed by atoms with Crippen molar-refractivity contribution in [2.45, 2.75) is 30.6 Å². The normalized spacial score (nSPS) is 10.8. The van der Waals surface area contributed by atoms with Gasteiger partial charge in [-0.3, -0.25) is 4.79 Å². The maximum absolute atomic E-state index is 10.9. The van der Waals surface area contributed by atoms with E-state index in [0.717, 1.165) is 44.5 Å². The summed E-state index contributed by atoms with van der Waals surface area (Å²) in [6.07, 6.45) is 0.0329. The zero-order valence-corrected chi connectivity index (χ0v) is 18.5. The number of thioether (sulfide) groups is 1. The Morgan fingerprint density at radius 3 is 2.59 bits per heavy atom. The minimum Gasteiger partial charge on any atom is -0.487 e. The van der Waals surface area contributed by atoms with Crippen LogP contribution in [0, 0.1) is 6.92 Å². The lowest BCUT2D eigenvalue weighted by atomic mass is 10.2. The molecule has 0 radical (unpaired) electrons. The topological polar surface area (TPSA) is 72.6 Å². The van der Waals surface area contributed by atoms with E-state index >= 15 is 0 Å². The van der Waals surface area contributed by atoms with E-state index in [2.05, 4.69) is 11.1 Å². The molecule has 0 aliphatic rings. The van der Waals surface area contributed by atoms with E-state index in [1.54, 1.807) is 11.8 Å². The second-order valence-corrected chi connectivity index (χ2v) is 8.38. The first-order chi connectivity index (χ1) is 15.6. The van der Waals surface area contributed by atoms with Crippen LogP contribution in [0.1, 0.15) is 22.6 Å². The van der Waals surface area contributed by atoms with Crippen LogP contribution in [-0.4, -0.2) is 16.1 Å². The third-order valence-corrected chi connectivity index (χ3v) is 5.91. The van der Waals surface area contributed by atoms with Crippen LogP contribution >= 0.6 is 11.8 Å². The van der Waals surface area contributed by atoms with Crippen molar-refractivity contribution in [3.8, 4) is 17.2 Å². The number of nitrogens with zero attached hydrogens (tertiary/aromatic N) is 1. The van der Waals surface area contributed by atoms with E-state index < -0.39 is 5.97 Å². The van der Waals surface area contributed by atoms with Gasteiger partial charge >= 0.3 is 5.97 Å². The number of rotatable bonds is 9. The fourth-order valence-corrected chi connectivity index (χ4v) is 4.15. The molecule has 32 heavy (non-hydrogen) atoms. The van der Waals surface area contributed by atoms with Crippen molar-refractivity contribution in [1.82, 2.24) is 4.98 Å². The first kappa shape index (κ1) is 21.7. The molecule has 0 saturated carbocycles. The van der Waals surface area contributed by atoms with Gasteiger partial charge in [0.15, 0.2) is 0 Å². The maximum Gasteiger partial charge on any atom is 0.307 e. The number of hydrogen-bond acceptors (Lipinski definition) is 5. The minimum atomic E-state index is -0.824. The summed E-state index contributed by atoms with van der Waals surface area (Å²) in [4.78, 5) is 16.6. The van der Waals surface area contributed by atoms with Gasteiger partial charge in [-0.15, -0.1) is 11.8 Å². The van der Waals surface area contributed by atoms with E-state index in [-0.39, 0.29) is 6.42 Å². The summed E-state index contributed by atoms with van der Waals surface area (Å²) in [5, 5.41) is 8.97. The molecule has 6 heteroatoms. The summed E-state index contributed by atoms with van der Waals surface area (Å²) in [5.74, 6) is 2.05. The molecular weight excluding hydrogens is 422 g/mol. The van der Waals surface area contributed by atoms with Crippen LogP contribution in [0.25, 0.3) is 11.5 Å². The highest BCUT2D eigenvalue weighted by molar-refractivity contribution is 7.98. The first-order valence-corrected chi connectivity index (χ1v) is 11.2. The molecule has 162 valence electrons. The predicted molar refractivity (Wildman–Crippen MR) is 125 cm³/mol.